The molecule has 0 radical (unpaired) electrons. The molecule has 1 atom stereocenters. The minimum absolute atomic E-state index is 0.111. The Kier molecular flexibility index (Phi) is 5.07. The summed E-state index contributed by atoms with van der Waals surface area (Å²) in [5.74, 6) is 2.60. The van der Waals surface area contributed by atoms with Gasteiger partial charge in [-0.1, -0.05) is 54.9 Å². The number of hydrogen-bond donors (Lipinski definition) is 2. The maximum Gasteiger partial charge on any atom is 0.222 e. The molecule has 0 fully saturated rings. The average molecular weight is 445 g/mol. The minimum atomic E-state index is 0.111. The van der Waals surface area contributed by atoms with E-state index in [1.54, 1.807) is 0 Å². The van der Waals surface area contributed by atoms with Gasteiger partial charge in [0.1, 0.15) is 23.1 Å². The summed E-state index contributed by atoms with van der Waals surface area (Å²) >= 11 is 6.07. The summed E-state index contributed by atoms with van der Waals surface area (Å²) < 4.78 is 12.3. The first-order chi connectivity index (χ1) is 15.5. The Morgan fingerprint density at radius 3 is 2.56 bits per heavy atom. The van der Waals surface area contributed by atoms with E-state index in [-0.39, 0.29) is 11.9 Å². The zero-order valence-corrected chi connectivity index (χ0v) is 18.1. The van der Waals surface area contributed by atoms with E-state index in [0.29, 0.717) is 45.6 Å². The number of halogens is 1. The molecule has 6 nitrogen and oxygen atoms in total. The zero-order valence-electron chi connectivity index (χ0n) is 17.4. The van der Waals surface area contributed by atoms with Crippen LogP contribution in [-0.4, -0.2) is 16.6 Å². The molecule has 32 heavy (non-hydrogen) atoms. The van der Waals surface area contributed by atoms with Crippen molar-refractivity contribution in [3.8, 4) is 17.2 Å². The second kappa shape index (κ2) is 8.05. The summed E-state index contributed by atoms with van der Waals surface area (Å²) in [5, 5.41) is 1.37. The number of ether oxygens (including phenoxy) is 2. The summed E-state index contributed by atoms with van der Waals surface area (Å²) in [5.41, 5.74) is 15.5. The van der Waals surface area contributed by atoms with E-state index in [2.05, 4.69) is 16.9 Å². The molecule has 7 heteroatoms. The second-order valence-corrected chi connectivity index (χ2v) is 8.19. The molecule has 0 bridgehead atoms. The maximum atomic E-state index is 6.31. The van der Waals surface area contributed by atoms with Crippen LogP contribution in [0.4, 0.5) is 11.8 Å². The van der Waals surface area contributed by atoms with Gasteiger partial charge in [-0.2, -0.15) is 4.98 Å². The van der Waals surface area contributed by atoms with Gasteiger partial charge in [-0.15, -0.1) is 0 Å². The molecule has 0 saturated heterocycles. The Hall–Kier alpha value is -3.77. The van der Waals surface area contributed by atoms with E-state index < -0.39 is 0 Å². The first kappa shape index (κ1) is 20.2. The molecule has 1 aromatic heterocycles. The van der Waals surface area contributed by atoms with Crippen molar-refractivity contribution in [3.05, 3.63) is 76.3 Å². The average Bonchev–Trinajstić information content (AvgIpc) is 3.14. The van der Waals surface area contributed by atoms with Gasteiger partial charge in [0.25, 0.3) is 0 Å². The first-order valence-corrected chi connectivity index (χ1v) is 10.6. The zero-order chi connectivity index (χ0) is 22.2. The standard InChI is InChI=1S/C25H21ClN4O2/c1-14-13-31-23-21(14)20(12-19-22(23)24(27)30-25(28)29-19)32-18-7-3-5-16(11-18)9-8-15-4-2-6-17(26)10-15/h2-12,14H,13H2,1H3,(H4,27,28,29,30). The second-order valence-electron chi connectivity index (χ2n) is 7.75. The summed E-state index contributed by atoms with van der Waals surface area (Å²) in [6.07, 6.45) is 4.03. The molecule has 4 N–H and O–H groups in total. The fraction of sp³-hybridized carbons (Fsp3) is 0.120. The lowest BCUT2D eigenvalue weighted by atomic mass is 9.99. The molecular formula is C25H21ClN4O2. The molecule has 1 aliphatic heterocycles. The van der Waals surface area contributed by atoms with Gasteiger partial charge in [0.15, 0.2) is 0 Å². The third-order valence-corrected chi connectivity index (χ3v) is 5.60. The van der Waals surface area contributed by atoms with Crippen LogP contribution in [0.2, 0.25) is 5.02 Å². The molecule has 0 saturated carbocycles. The highest BCUT2D eigenvalue weighted by Gasteiger charge is 2.29. The van der Waals surface area contributed by atoms with Crippen molar-refractivity contribution in [1.29, 1.82) is 0 Å². The molecule has 1 unspecified atom stereocenters. The number of rotatable bonds is 4. The SMILES string of the molecule is CC1COc2c1c(Oc1cccc(C=Cc3cccc(Cl)c3)c1)cc1nc(N)nc(N)c21. The van der Waals surface area contributed by atoms with Crippen LogP contribution in [0.1, 0.15) is 29.5 Å². The van der Waals surface area contributed by atoms with Crippen LogP contribution in [-0.2, 0) is 0 Å². The number of nitrogens with zero attached hydrogens (tertiary/aromatic N) is 2. The van der Waals surface area contributed by atoms with Gasteiger partial charge in [-0.25, -0.2) is 4.98 Å². The van der Waals surface area contributed by atoms with E-state index >= 15 is 0 Å². The largest absolute Gasteiger partial charge is 0.492 e. The summed E-state index contributed by atoms with van der Waals surface area (Å²) in [4.78, 5) is 8.42. The van der Waals surface area contributed by atoms with E-state index in [9.17, 15) is 0 Å². The quantitative estimate of drug-likeness (QED) is 0.380. The minimum Gasteiger partial charge on any atom is -0.492 e. The smallest absolute Gasteiger partial charge is 0.222 e. The Labute approximate surface area is 190 Å². The lowest BCUT2D eigenvalue weighted by molar-refractivity contribution is 0.340. The molecule has 1 aliphatic rings. The third-order valence-electron chi connectivity index (χ3n) is 5.36. The van der Waals surface area contributed by atoms with E-state index in [1.807, 2.05) is 66.7 Å². The number of fused-ring (bicyclic) bond motifs is 3. The summed E-state index contributed by atoms with van der Waals surface area (Å²) in [7, 11) is 0. The summed E-state index contributed by atoms with van der Waals surface area (Å²) in [6.45, 7) is 2.63. The number of aromatic nitrogens is 2. The van der Waals surface area contributed by atoms with Crippen molar-refractivity contribution in [2.75, 3.05) is 18.1 Å². The van der Waals surface area contributed by atoms with Crippen LogP contribution in [0.5, 0.6) is 17.2 Å². The van der Waals surface area contributed by atoms with Gasteiger partial charge in [0, 0.05) is 22.6 Å². The lowest BCUT2D eigenvalue weighted by Gasteiger charge is -2.14. The molecule has 0 spiro atoms. The normalized spacial score (nSPS) is 15.1. The fourth-order valence-corrected chi connectivity index (χ4v) is 4.10. The van der Waals surface area contributed by atoms with Crippen molar-refractivity contribution in [1.82, 2.24) is 9.97 Å². The molecule has 2 heterocycles. The van der Waals surface area contributed by atoms with Crippen LogP contribution in [0.15, 0.2) is 54.6 Å². The van der Waals surface area contributed by atoms with Crippen molar-refractivity contribution < 1.29 is 9.47 Å². The Balaban J connectivity index is 1.51. The third kappa shape index (κ3) is 3.81. The van der Waals surface area contributed by atoms with Crippen LogP contribution >= 0.6 is 11.6 Å². The molecular weight excluding hydrogens is 424 g/mol. The highest BCUT2D eigenvalue weighted by Crippen LogP contribution is 2.47. The van der Waals surface area contributed by atoms with Gasteiger partial charge in [0.05, 0.1) is 17.5 Å². The van der Waals surface area contributed by atoms with Crippen LogP contribution < -0.4 is 20.9 Å². The van der Waals surface area contributed by atoms with Crippen molar-refractivity contribution in [3.63, 3.8) is 0 Å². The fourth-order valence-electron chi connectivity index (χ4n) is 3.90. The number of hydrogen-bond acceptors (Lipinski definition) is 6. The summed E-state index contributed by atoms with van der Waals surface area (Å²) in [6, 6.07) is 17.4. The van der Waals surface area contributed by atoms with E-state index in [1.165, 1.54) is 0 Å². The Morgan fingerprint density at radius 1 is 1.03 bits per heavy atom. The van der Waals surface area contributed by atoms with Crippen molar-refractivity contribution in [2.45, 2.75) is 12.8 Å². The van der Waals surface area contributed by atoms with E-state index in [0.717, 1.165) is 16.7 Å². The van der Waals surface area contributed by atoms with Gasteiger partial charge >= 0.3 is 0 Å². The topological polar surface area (TPSA) is 96.3 Å². The Morgan fingerprint density at radius 2 is 1.78 bits per heavy atom. The number of nitrogen functional groups attached to an aromatic ring is 2. The van der Waals surface area contributed by atoms with Crippen LogP contribution in [0.3, 0.4) is 0 Å². The van der Waals surface area contributed by atoms with E-state index in [4.69, 9.17) is 32.5 Å². The molecule has 160 valence electrons. The number of benzene rings is 3. The van der Waals surface area contributed by atoms with Gasteiger partial charge in [0.2, 0.25) is 5.95 Å². The highest BCUT2D eigenvalue weighted by molar-refractivity contribution is 6.30. The van der Waals surface area contributed by atoms with Crippen LogP contribution in [0.25, 0.3) is 23.1 Å². The van der Waals surface area contributed by atoms with Crippen LogP contribution in [0, 0.1) is 0 Å². The van der Waals surface area contributed by atoms with Gasteiger partial charge < -0.3 is 20.9 Å². The van der Waals surface area contributed by atoms with Gasteiger partial charge in [-0.3, -0.25) is 0 Å². The molecule has 0 amide bonds. The van der Waals surface area contributed by atoms with Crippen molar-refractivity contribution in [2.24, 2.45) is 0 Å². The highest BCUT2D eigenvalue weighted by atomic mass is 35.5. The van der Waals surface area contributed by atoms with Crippen molar-refractivity contribution >= 4 is 46.4 Å². The lowest BCUT2D eigenvalue weighted by Crippen LogP contribution is -2.02. The maximum absolute atomic E-state index is 6.31. The Bertz CT molecular complexity index is 1370. The molecule has 5 rings (SSSR count). The molecule has 0 aliphatic carbocycles. The molecule has 4 aromatic rings. The van der Waals surface area contributed by atoms with Gasteiger partial charge in [-0.05, 0) is 35.4 Å². The predicted molar refractivity (Wildman–Crippen MR) is 129 cm³/mol. The predicted octanol–water partition coefficient (Wildman–Crippen LogP) is 5.91. The number of nitrogens with two attached hydrogens (primary N) is 2. The molecule has 3 aromatic carbocycles. The first-order valence-electron chi connectivity index (χ1n) is 10.2. The number of anilines is 2. The monoisotopic (exact) mass is 444 g/mol.